The Morgan fingerprint density at radius 2 is 2.12 bits per heavy atom. The molecule has 4 nitrogen and oxygen atoms in total. The molecule has 1 unspecified atom stereocenters. The predicted molar refractivity (Wildman–Crippen MR) is 97.6 cm³/mol. The van der Waals surface area contributed by atoms with E-state index >= 15 is 0 Å². The van der Waals surface area contributed by atoms with Crippen LogP contribution < -0.4 is 0 Å². The molecular formula is C18H21N3OS2. The molecule has 1 atom stereocenters. The molecule has 1 aliphatic rings. The van der Waals surface area contributed by atoms with E-state index in [9.17, 15) is 0 Å². The molecular weight excluding hydrogens is 338 g/mol. The topological polar surface area (TPSA) is 42.2 Å². The van der Waals surface area contributed by atoms with Crippen LogP contribution in [0.2, 0.25) is 0 Å². The maximum atomic E-state index is 5.53. The molecule has 3 aromatic rings. The smallest absolute Gasteiger partial charge is 0.240 e. The average Bonchev–Trinajstić information content (AvgIpc) is 3.27. The maximum Gasteiger partial charge on any atom is 0.240 e. The normalized spacial score (nSPS) is 18.7. The summed E-state index contributed by atoms with van der Waals surface area (Å²) in [7, 11) is 0. The summed E-state index contributed by atoms with van der Waals surface area (Å²) >= 11 is 3.69. The highest BCUT2D eigenvalue weighted by molar-refractivity contribution is 7.10. The Balaban J connectivity index is 1.63. The van der Waals surface area contributed by atoms with Crippen LogP contribution in [0, 0.1) is 0 Å². The number of hydrogen-bond donors (Lipinski definition) is 0. The summed E-state index contributed by atoms with van der Waals surface area (Å²) in [5.74, 6) is 1.48. The molecule has 0 aromatic carbocycles. The standard InChI is InChI=1S/C18H21N3OS2/c1-18(2,3)17-19-15(22-20-17)11-21-8-6-13-12(7-10-24-13)16(21)14-5-4-9-23-14/h4-5,7,9-10,16H,6,8,11H2,1-3H3. The van der Waals surface area contributed by atoms with Crippen molar-refractivity contribution in [1.82, 2.24) is 15.0 Å². The Kier molecular flexibility index (Phi) is 4.06. The zero-order valence-electron chi connectivity index (χ0n) is 14.2. The molecule has 3 aromatic heterocycles. The minimum atomic E-state index is -0.0860. The minimum absolute atomic E-state index is 0.0860. The Hall–Kier alpha value is -1.50. The van der Waals surface area contributed by atoms with Crippen molar-refractivity contribution in [3.63, 3.8) is 0 Å². The summed E-state index contributed by atoms with van der Waals surface area (Å²) in [5, 5.41) is 8.53. The highest BCUT2D eigenvalue weighted by atomic mass is 32.1. The summed E-state index contributed by atoms with van der Waals surface area (Å²) in [4.78, 5) is 9.97. The van der Waals surface area contributed by atoms with Gasteiger partial charge in [-0.15, -0.1) is 22.7 Å². The summed E-state index contributed by atoms with van der Waals surface area (Å²) < 4.78 is 5.53. The Morgan fingerprint density at radius 3 is 2.83 bits per heavy atom. The summed E-state index contributed by atoms with van der Waals surface area (Å²) in [6, 6.07) is 6.92. The molecule has 0 saturated carbocycles. The molecule has 0 fully saturated rings. The second-order valence-corrected chi connectivity index (χ2v) is 9.18. The van der Waals surface area contributed by atoms with Crippen molar-refractivity contribution in [2.45, 2.75) is 45.2 Å². The van der Waals surface area contributed by atoms with Crippen molar-refractivity contribution in [2.24, 2.45) is 0 Å². The average molecular weight is 360 g/mol. The van der Waals surface area contributed by atoms with Gasteiger partial charge in [-0.1, -0.05) is 32.0 Å². The van der Waals surface area contributed by atoms with Crippen molar-refractivity contribution in [2.75, 3.05) is 6.54 Å². The van der Waals surface area contributed by atoms with Gasteiger partial charge in [0, 0.05) is 21.7 Å². The zero-order valence-corrected chi connectivity index (χ0v) is 15.8. The van der Waals surface area contributed by atoms with Gasteiger partial charge in [0.2, 0.25) is 5.89 Å². The van der Waals surface area contributed by atoms with Crippen molar-refractivity contribution in [3.05, 3.63) is 56.0 Å². The largest absolute Gasteiger partial charge is 0.338 e. The lowest BCUT2D eigenvalue weighted by molar-refractivity contribution is 0.181. The summed E-state index contributed by atoms with van der Waals surface area (Å²) in [5.41, 5.74) is 1.35. The van der Waals surface area contributed by atoms with E-state index < -0.39 is 0 Å². The van der Waals surface area contributed by atoms with Gasteiger partial charge in [-0.25, -0.2) is 0 Å². The number of rotatable bonds is 3. The number of hydrogen-bond acceptors (Lipinski definition) is 6. The third kappa shape index (κ3) is 2.94. The van der Waals surface area contributed by atoms with Crippen LogP contribution in [0.1, 0.15) is 53.8 Å². The first-order valence-electron chi connectivity index (χ1n) is 8.19. The third-order valence-electron chi connectivity index (χ3n) is 4.36. The monoisotopic (exact) mass is 359 g/mol. The highest BCUT2D eigenvalue weighted by Gasteiger charge is 2.32. The van der Waals surface area contributed by atoms with Crippen molar-refractivity contribution in [1.29, 1.82) is 0 Å². The molecule has 0 amide bonds. The summed E-state index contributed by atoms with van der Waals surface area (Å²) in [6.45, 7) is 8.03. The van der Waals surface area contributed by atoms with Crippen LogP contribution in [0.25, 0.3) is 0 Å². The number of fused-ring (bicyclic) bond motifs is 1. The molecule has 0 radical (unpaired) electrons. The van der Waals surface area contributed by atoms with Crippen LogP contribution in [-0.4, -0.2) is 21.6 Å². The first kappa shape index (κ1) is 16.0. The molecule has 4 rings (SSSR count). The fraction of sp³-hybridized carbons (Fsp3) is 0.444. The molecule has 0 bridgehead atoms. The molecule has 0 N–H and O–H groups in total. The van der Waals surface area contributed by atoms with Crippen molar-refractivity contribution >= 4 is 22.7 Å². The van der Waals surface area contributed by atoms with Gasteiger partial charge < -0.3 is 4.52 Å². The lowest BCUT2D eigenvalue weighted by atomic mass is 9.96. The van der Waals surface area contributed by atoms with Crippen molar-refractivity contribution < 1.29 is 4.52 Å². The van der Waals surface area contributed by atoms with Gasteiger partial charge in [0.1, 0.15) is 0 Å². The van der Waals surface area contributed by atoms with E-state index in [1.165, 1.54) is 15.3 Å². The van der Waals surface area contributed by atoms with Crippen LogP contribution in [0.3, 0.4) is 0 Å². The zero-order chi connectivity index (χ0) is 16.7. The summed E-state index contributed by atoms with van der Waals surface area (Å²) in [6.07, 6.45) is 1.09. The van der Waals surface area contributed by atoms with Crippen LogP contribution in [0.4, 0.5) is 0 Å². The van der Waals surface area contributed by atoms with Crippen LogP contribution in [0.5, 0.6) is 0 Å². The van der Waals surface area contributed by atoms with E-state index in [1.54, 1.807) is 0 Å². The van der Waals surface area contributed by atoms with Gasteiger partial charge in [0.15, 0.2) is 5.82 Å². The van der Waals surface area contributed by atoms with E-state index in [0.29, 0.717) is 18.5 Å². The fourth-order valence-corrected chi connectivity index (χ4v) is 4.90. The van der Waals surface area contributed by atoms with E-state index in [2.05, 4.69) is 64.8 Å². The lowest BCUT2D eigenvalue weighted by Crippen LogP contribution is -2.34. The second-order valence-electron chi connectivity index (χ2n) is 7.20. The maximum absolute atomic E-state index is 5.53. The first-order chi connectivity index (χ1) is 11.5. The second kappa shape index (κ2) is 6.10. The van der Waals surface area contributed by atoms with E-state index in [1.807, 2.05) is 22.7 Å². The Bertz CT molecular complexity index is 814. The SMILES string of the molecule is CC(C)(C)c1noc(CN2CCc3sccc3C2c2cccs2)n1. The Labute approximate surface area is 150 Å². The van der Waals surface area contributed by atoms with E-state index in [-0.39, 0.29) is 5.41 Å². The molecule has 6 heteroatoms. The molecule has 0 saturated heterocycles. The van der Waals surface area contributed by atoms with Gasteiger partial charge in [0.05, 0.1) is 12.6 Å². The van der Waals surface area contributed by atoms with E-state index in [0.717, 1.165) is 18.8 Å². The van der Waals surface area contributed by atoms with Crippen molar-refractivity contribution in [3.8, 4) is 0 Å². The molecule has 1 aliphatic heterocycles. The van der Waals surface area contributed by atoms with Crippen LogP contribution in [0.15, 0.2) is 33.5 Å². The highest BCUT2D eigenvalue weighted by Crippen LogP contribution is 2.40. The fourth-order valence-electron chi connectivity index (χ4n) is 3.12. The molecule has 0 spiro atoms. The number of nitrogens with zero attached hydrogens (tertiary/aromatic N) is 3. The quantitative estimate of drug-likeness (QED) is 0.683. The van der Waals surface area contributed by atoms with Gasteiger partial charge in [0.25, 0.3) is 0 Å². The van der Waals surface area contributed by atoms with E-state index in [4.69, 9.17) is 4.52 Å². The third-order valence-corrected chi connectivity index (χ3v) is 6.28. The van der Waals surface area contributed by atoms with Gasteiger partial charge in [-0.3, -0.25) is 4.90 Å². The molecule has 24 heavy (non-hydrogen) atoms. The lowest BCUT2D eigenvalue weighted by Gasteiger charge is -2.34. The van der Waals surface area contributed by atoms with Gasteiger partial charge in [-0.05, 0) is 34.9 Å². The Morgan fingerprint density at radius 1 is 1.25 bits per heavy atom. The van der Waals surface area contributed by atoms with Gasteiger partial charge in [-0.2, -0.15) is 4.98 Å². The van der Waals surface area contributed by atoms with Crippen LogP contribution >= 0.6 is 22.7 Å². The molecule has 126 valence electrons. The number of thiophene rings is 2. The predicted octanol–water partition coefficient (Wildman–Crippen LogP) is 4.64. The molecule has 4 heterocycles. The first-order valence-corrected chi connectivity index (χ1v) is 9.95. The van der Waals surface area contributed by atoms with Gasteiger partial charge >= 0.3 is 0 Å². The minimum Gasteiger partial charge on any atom is -0.338 e. The van der Waals surface area contributed by atoms with Crippen LogP contribution in [-0.2, 0) is 18.4 Å². The molecule has 0 aliphatic carbocycles. The number of aromatic nitrogens is 2.